The van der Waals surface area contributed by atoms with E-state index in [-0.39, 0.29) is 5.92 Å². The van der Waals surface area contributed by atoms with Crippen LogP contribution in [0, 0.1) is 6.92 Å². The van der Waals surface area contributed by atoms with Gasteiger partial charge < -0.3 is 9.47 Å². The Bertz CT molecular complexity index is 1380. The third kappa shape index (κ3) is 3.90. The lowest BCUT2D eigenvalue weighted by molar-refractivity contribution is 0.792. The number of anilines is 1. The Labute approximate surface area is 200 Å². The summed E-state index contributed by atoms with van der Waals surface area (Å²) in [6.07, 6.45) is 5.97. The molecular weight excluding hydrogens is 426 g/mol. The van der Waals surface area contributed by atoms with Crippen molar-refractivity contribution in [1.82, 2.24) is 9.55 Å². The molecule has 0 aliphatic carbocycles. The van der Waals surface area contributed by atoms with Crippen LogP contribution < -0.4 is 4.90 Å². The molecule has 3 aromatic carbocycles. The predicted molar refractivity (Wildman–Crippen MR) is 138 cm³/mol. The number of imidazole rings is 1. The van der Waals surface area contributed by atoms with Gasteiger partial charge in [-0.15, -0.1) is 0 Å². The Kier molecular flexibility index (Phi) is 5.43. The quantitative estimate of drug-likeness (QED) is 0.334. The molecule has 0 radical (unpaired) electrons. The largest absolute Gasteiger partial charge is 0.345 e. The number of fused-ring (bicyclic) bond motifs is 1. The van der Waals surface area contributed by atoms with Crippen LogP contribution in [0.15, 0.2) is 97.6 Å². The molecule has 3 nitrogen and oxygen atoms in total. The minimum absolute atomic E-state index is 0.0689. The molecule has 0 fully saturated rings. The number of likely N-dealkylation sites (N-methyl/N-ethyl adjacent to an activating group) is 1. The fraction of sp³-hybridized carbons (Fsp3) is 0.138. The van der Waals surface area contributed by atoms with Crippen LogP contribution in [0.2, 0.25) is 5.02 Å². The van der Waals surface area contributed by atoms with Crippen molar-refractivity contribution in [3.8, 4) is 0 Å². The van der Waals surface area contributed by atoms with Crippen LogP contribution in [0.3, 0.4) is 0 Å². The lowest BCUT2D eigenvalue weighted by Gasteiger charge is -2.31. The summed E-state index contributed by atoms with van der Waals surface area (Å²) in [4.78, 5) is 6.55. The monoisotopic (exact) mass is 451 g/mol. The van der Waals surface area contributed by atoms with Crippen molar-refractivity contribution >= 4 is 22.9 Å². The molecule has 1 aliphatic heterocycles. The summed E-state index contributed by atoms with van der Waals surface area (Å²) >= 11 is 6.35. The zero-order valence-electron chi connectivity index (χ0n) is 19.1. The minimum Gasteiger partial charge on any atom is -0.345 e. The number of allylic oxidation sites excluding steroid dienone is 1. The first kappa shape index (κ1) is 21.3. The molecule has 0 bridgehead atoms. The molecular formula is C29H26ClN3. The van der Waals surface area contributed by atoms with Crippen molar-refractivity contribution in [3.05, 3.63) is 136 Å². The summed E-state index contributed by atoms with van der Waals surface area (Å²) in [5, 5.41) is 0.725. The standard InChI is InChI=1S/C29H26ClN3/c1-19-8-10-21(11-9-19)29(28-17-31-18-32(28)3)23-12-13-27-26(16-23)25(14-20(2)33(27)4)22-6-5-7-24(30)15-22/h5-18,29H,2H2,1,3-4H3. The van der Waals surface area contributed by atoms with Crippen molar-refractivity contribution < 1.29 is 0 Å². The molecule has 0 N–H and O–H groups in total. The second kappa shape index (κ2) is 8.42. The van der Waals surface area contributed by atoms with Crippen LogP contribution in [-0.4, -0.2) is 16.6 Å². The van der Waals surface area contributed by atoms with Gasteiger partial charge in [-0.25, -0.2) is 4.98 Å². The van der Waals surface area contributed by atoms with Gasteiger partial charge in [0.05, 0.1) is 12.2 Å². The molecule has 4 aromatic rings. The number of halogens is 1. The topological polar surface area (TPSA) is 21.1 Å². The molecule has 4 heteroatoms. The molecule has 164 valence electrons. The minimum atomic E-state index is 0.0689. The summed E-state index contributed by atoms with van der Waals surface area (Å²) in [6.45, 7) is 6.38. The SMILES string of the molecule is C=C1C=C(c2cccc(Cl)c2)c2cc(C(c3ccc(C)cc3)c3cncn3C)ccc2N1C. The zero-order valence-corrected chi connectivity index (χ0v) is 19.8. The van der Waals surface area contributed by atoms with E-state index >= 15 is 0 Å². The molecule has 33 heavy (non-hydrogen) atoms. The summed E-state index contributed by atoms with van der Waals surface area (Å²) in [5.74, 6) is 0.0689. The summed E-state index contributed by atoms with van der Waals surface area (Å²) < 4.78 is 2.10. The summed E-state index contributed by atoms with van der Waals surface area (Å²) in [6, 6.07) is 23.5. The first-order valence-corrected chi connectivity index (χ1v) is 11.4. The maximum Gasteiger partial charge on any atom is 0.0945 e. The highest BCUT2D eigenvalue weighted by molar-refractivity contribution is 6.30. The summed E-state index contributed by atoms with van der Waals surface area (Å²) in [5.41, 5.74) is 10.3. The van der Waals surface area contributed by atoms with E-state index in [1.54, 1.807) is 0 Å². The molecule has 5 rings (SSSR count). The lowest BCUT2D eigenvalue weighted by Crippen LogP contribution is -2.20. The number of aryl methyl sites for hydroxylation is 2. The van der Waals surface area contributed by atoms with Gasteiger partial charge in [0.2, 0.25) is 0 Å². The second-order valence-corrected chi connectivity index (χ2v) is 9.10. The fourth-order valence-electron chi connectivity index (χ4n) is 4.57. The Hall–Kier alpha value is -3.56. The van der Waals surface area contributed by atoms with Gasteiger partial charge >= 0.3 is 0 Å². The van der Waals surface area contributed by atoms with Crippen molar-refractivity contribution in [2.75, 3.05) is 11.9 Å². The van der Waals surface area contributed by atoms with Crippen molar-refractivity contribution in [1.29, 1.82) is 0 Å². The average molecular weight is 452 g/mol. The van der Waals surface area contributed by atoms with Gasteiger partial charge in [-0.05, 0) is 59.5 Å². The third-order valence-corrected chi connectivity index (χ3v) is 6.68. The van der Waals surface area contributed by atoms with Crippen LogP contribution in [0.4, 0.5) is 5.69 Å². The number of rotatable bonds is 4. The second-order valence-electron chi connectivity index (χ2n) is 8.67. The maximum absolute atomic E-state index is 6.35. The highest BCUT2D eigenvalue weighted by atomic mass is 35.5. The van der Waals surface area contributed by atoms with Gasteiger partial charge in [0.15, 0.2) is 0 Å². The zero-order chi connectivity index (χ0) is 23.1. The normalized spacial score (nSPS) is 14.1. The van der Waals surface area contributed by atoms with E-state index in [0.29, 0.717) is 0 Å². The average Bonchev–Trinajstić information content (AvgIpc) is 3.23. The van der Waals surface area contributed by atoms with Gasteiger partial charge in [0.1, 0.15) is 0 Å². The van der Waals surface area contributed by atoms with E-state index in [4.69, 9.17) is 11.6 Å². The van der Waals surface area contributed by atoms with E-state index < -0.39 is 0 Å². The third-order valence-electron chi connectivity index (χ3n) is 6.44. The Balaban J connectivity index is 1.71. The molecule has 1 aromatic heterocycles. The molecule has 0 spiro atoms. The van der Waals surface area contributed by atoms with E-state index in [1.165, 1.54) is 22.3 Å². The van der Waals surface area contributed by atoms with Crippen LogP contribution in [-0.2, 0) is 7.05 Å². The Morgan fingerprint density at radius 3 is 2.39 bits per heavy atom. The van der Waals surface area contributed by atoms with E-state index in [1.807, 2.05) is 30.7 Å². The molecule has 2 heterocycles. The van der Waals surface area contributed by atoms with E-state index in [9.17, 15) is 0 Å². The number of benzene rings is 3. The first-order chi connectivity index (χ1) is 15.9. The molecule has 1 unspecified atom stereocenters. The van der Waals surface area contributed by atoms with Gasteiger partial charge in [-0.2, -0.15) is 0 Å². The highest BCUT2D eigenvalue weighted by Crippen LogP contribution is 2.42. The number of hydrogen-bond donors (Lipinski definition) is 0. The molecule has 1 aliphatic rings. The van der Waals surface area contributed by atoms with Crippen molar-refractivity contribution in [2.24, 2.45) is 7.05 Å². The van der Waals surface area contributed by atoms with Gasteiger partial charge in [0.25, 0.3) is 0 Å². The van der Waals surface area contributed by atoms with Gasteiger partial charge in [-0.3, -0.25) is 0 Å². The van der Waals surface area contributed by atoms with Crippen molar-refractivity contribution in [2.45, 2.75) is 12.8 Å². The van der Waals surface area contributed by atoms with Gasteiger partial charge in [-0.1, -0.05) is 66.2 Å². The van der Waals surface area contributed by atoms with E-state index in [0.717, 1.165) is 33.2 Å². The van der Waals surface area contributed by atoms with Crippen LogP contribution in [0.25, 0.3) is 5.57 Å². The summed E-state index contributed by atoms with van der Waals surface area (Å²) in [7, 11) is 4.11. The molecule has 0 saturated carbocycles. The van der Waals surface area contributed by atoms with Crippen LogP contribution in [0.1, 0.15) is 39.4 Å². The Morgan fingerprint density at radius 2 is 1.70 bits per heavy atom. The number of hydrogen-bond acceptors (Lipinski definition) is 2. The molecule has 0 amide bonds. The fourth-order valence-corrected chi connectivity index (χ4v) is 4.76. The number of aromatic nitrogens is 2. The van der Waals surface area contributed by atoms with E-state index in [2.05, 4.69) is 96.7 Å². The lowest BCUT2D eigenvalue weighted by atomic mass is 9.84. The molecule has 1 atom stereocenters. The highest BCUT2D eigenvalue weighted by Gasteiger charge is 2.25. The maximum atomic E-state index is 6.35. The van der Waals surface area contributed by atoms with Crippen LogP contribution in [0.5, 0.6) is 0 Å². The molecule has 0 saturated heterocycles. The smallest absolute Gasteiger partial charge is 0.0945 e. The van der Waals surface area contributed by atoms with Crippen molar-refractivity contribution in [3.63, 3.8) is 0 Å². The van der Waals surface area contributed by atoms with Gasteiger partial charge in [0, 0.05) is 48.0 Å². The number of nitrogens with zero attached hydrogens (tertiary/aromatic N) is 3. The van der Waals surface area contributed by atoms with Crippen LogP contribution >= 0.6 is 11.6 Å². The first-order valence-electron chi connectivity index (χ1n) is 11.0. The predicted octanol–water partition coefficient (Wildman–Crippen LogP) is 6.96. The Morgan fingerprint density at radius 1 is 0.939 bits per heavy atom.